The van der Waals surface area contributed by atoms with E-state index in [1.165, 1.54) is 11.3 Å². The van der Waals surface area contributed by atoms with E-state index in [9.17, 15) is 9.59 Å². The molecule has 0 aromatic carbocycles. The van der Waals surface area contributed by atoms with Gasteiger partial charge in [-0.3, -0.25) is 4.79 Å². The molecule has 1 rings (SSSR count). The van der Waals surface area contributed by atoms with Crippen molar-refractivity contribution in [3.8, 4) is 0 Å². The molecule has 21 heavy (non-hydrogen) atoms. The van der Waals surface area contributed by atoms with Crippen LogP contribution in [-0.4, -0.2) is 55.0 Å². The number of urea groups is 1. The van der Waals surface area contributed by atoms with Gasteiger partial charge in [-0.15, -0.1) is 0 Å². The van der Waals surface area contributed by atoms with Gasteiger partial charge in [-0.2, -0.15) is 0 Å². The predicted octanol–water partition coefficient (Wildman–Crippen LogP) is 2.32. The lowest BCUT2D eigenvalue weighted by molar-refractivity contribution is -0.130. The quantitative estimate of drug-likeness (QED) is 0.850. The summed E-state index contributed by atoms with van der Waals surface area (Å²) >= 11 is 0. The minimum absolute atomic E-state index is 0.0780. The van der Waals surface area contributed by atoms with Gasteiger partial charge in [-0.25, -0.2) is 4.79 Å². The molecule has 0 aromatic heterocycles. The fourth-order valence-corrected chi connectivity index (χ4v) is 2.89. The SMILES string of the molecule is C[C@H](NC(=O)N1CCC[C@H](C(C)(C)C)CC1)C(=O)N(C)C. The van der Waals surface area contributed by atoms with Crippen molar-refractivity contribution in [2.24, 2.45) is 11.3 Å². The molecular formula is C16H31N3O2. The Morgan fingerprint density at radius 1 is 1.19 bits per heavy atom. The molecule has 1 heterocycles. The third kappa shape index (κ3) is 5.21. The van der Waals surface area contributed by atoms with Crippen molar-refractivity contribution in [3.05, 3.63) is 0 Å². The van der Waals surface area contributed by atoms with Crippen LogP contribution in [-0.2, 0) is 4.79 Å². The zero-order chi connectivity index (χ0) is 16.2. The van der Waals surface area contributed by atoms with Gasteiger partial charge in [-0.05, 0) is 37.5 Å². The van der Waals surface area contributed by atoms with Crippen LogP contribution in [0.25, 0.3) is 0 Å². The Hall–Kier alpha value is -1.26. The molecule has 0 radical (unpaired) electrons. The first-order chi connectivity index (χ1) is 9.62. The predicted molar refractivity (Wildman–Crippen MR) is 85.1 cm³/mol. The van der Waals surface area contributed by atoms with Gasteiger partial charge >= 0.3 is 6.03 Å². The molecule has 1 saturated heterocycles. The molecule has 3 amide bonds. The maximum Gasteiger partial charge on any atom is 0.318 e. The van der Waals surface area contributed by atoms with Crippen molar-refractivity contribution in [1.29, 1.82) is 0 Å². The van der Waals surface area contributed by atoms with Crippen molar-refractivity contribution in [2.75, 3.05) is 27.2 Å². The molecule has 1 N–H and O–H groups in total. The van der Waals surface area contributed by atoms with E-state index in [1.54, 1.807) is 21.0 Å². The molecule has 5 heteroatoms. The summed E-state index contributed by atoms with van der Waals surface area (Å²) in [6, 6.07) is -0.596. The highest BCUT2D eigenvalue weighted by Gasteiger charge is 2.29. The highest BCUT2D eigenvalue weighted by molar-refractivity contribution is 5.86. The van der Waals surface area contributed by atoms with Crippen LogP contribution in [0.4, 0.5) is 4.79 Å². The molecule has 0 saturated carbocycles. The van der Waals surface area contributed by atoms with E-state index in [1.807, 2.05) is 4.90 Å². The molecule has 5 nitrogen and oxygen atoms in total. The lowest BCUT2D eigenvalue weighted by Gasteiger charge is -2.30. The number of likely N-dealkylation sites (tertiary alicyclic amines) is 1. The van der Waals surface area contributed by atoms with Gasteiger partial charge in [0, 0.05) is 27.2 Å². The van der Waals surface area contributed by atoms with E-state index in [-0.39, 0.29) is 11.9 Å². The number of rotatable bonds is 2. The van der Waals surface area contributed by atoms with Crippen LogP contribution in [0, 0.1) is 11.3 Å². The zero-order valence-corrected chi connectivity index (χ0v) is 14.4. The summed E-state index contributed by atoms with van der Waals surface area (Å²) in [5.41, 5.74) is 0.292. The number of amides is 3. The molecule has 0 bridgehead atoms. The Labute approximate surface area is 129 Å². The second-order valence-corrected chi connectivity index (χ2v) is 7.38. The monoisotopic (exact) mass is 297 g/mol. The Balaban J connectivity index is 2.54. The molecule has 0 aliphatic carbocycles. The standard InChI is InChI=1S/C16H31N3O2/c1-12(14(20)18(5)6)17-15(21)19-10-7-8-13(9-11-19)16(2,3)4/h12-13H,7-11H2,1-6H3,(H,17,21)/t12-,13-/m0/s1. The van der Waals surface area contributed by atoms with Crippen molar-refractivity contribution >= 4 is 11.9 Å². The second kappa shape index (κ2) is 7.14. The zero-order valence-electron chi connectivity index (χ0n) is 14.4. The van der Waals surface area contributed by atoms with Crippen molar-refractivity contribution in [2.45, 2.75) is 53.0 Å². The average Bonchev–Trinajstić information content (AvgIpc) is 2.62. The number of hydrogen-bond donors (Lipinski definition) is 1. The Bertz CT molecular complexity index is 374. The fourth-order valence-electron chi connectivity index (χ4n) is 2.89. The van der Waals surface area contributed by atoms with Gasteiger partial charge in [-0.1, -0.05) is 20.8 Å². The Morgan fingerprint density at radius 2 is 1.81 bits per heavy atom. The van der Waals surface area contributed by atoms with Crippen molar-refractivity contribution in [3.63, 3.8) is 0 Å². The fraction of sp³-hybridized carbons (Fsp3) is 0.875. The van der Waals surface area contributed by atoms with E-state index in [0.29, 0.717) is 11.3 Å². The number of nitrogens with one attached hydrogen (secondary N) is 1. The highest BCUT2D eigenvalue weighted by Crippen LogP contribution is 2.34. The van der Waals surface area contributed by atoms with Crippen molar-refractivity contribution < 1.29 is 9.59 Å². The van der Waals surface area contributed by atoms with Crippen LogP contribution in [0.2, 0.25) is 0 Å². The Morgan fingerprint density at radius 3 is 2.33 bits per heavy atom. The largest absolute Gasteiger partial charge is 0.347 e. The number of carbonyl (C=O) groups excluding carboxylic acids is 2. The average molecular weight is 297 g/mol. The van der Waals surface area contributed by atoms with E-state index < -0.39 is 6.04 Å². The first-order valence-electron chi connectivity index (χ1n) is 7.89. The summed E-state index contributed by atoms with van der Waals surface area (Å²) < 4.78 is 0. The molecule has 122 valence electrons. The summed E-state index contributed by atoms with van der Waals surface area (Å²) in [7, 11) is 3.40. The number of hydrogen-bond acceptors (Lipinski definition) is 2. The molecule has 1 aliphatic heterocycles. The molecule has 1 aliphatic rings. The smallest absolute Gasteiger partial charge is 0.318 e. The van der Waals surface area contributed by atoms with Crippen molar-refractivity contribution in [1.82, 2.24) is 15.1 Å². The van der Waals surface area contributed by atoms with Crippen LogP contribution in [0.1, 0.15) is 47.0 Å². The topological polar surface area (TPSA) is 52.7 Å². The summed E-state index contributed by atoms with van der Waals surface area (Å²) in [4.78, 5) is 27.4. The first kappa shape index (κ1) is 17.8. The lowest BCUT2D eigenvalue weighted by atomic mass is 9.77. The number of carbonyl (C=O) groups is 2. The lowest BCUT2D eigenvalue weighted by Crippen LogP contribution is -2.49. The summed E-state index contributed by atoms with van der Waals surface area (Å²) in [6.45, 7) is 10.1. The Kier molecular flexibility index (Phi) is 6.05. The third-order valence-corrected chi connectivity index (χ3v) is 4.39. The maximum absolute atomic E-state index is 12.3. The molecular weight excluding hydrogens is 266 g/mol. The van der Waals surface area contributed by atoms with E-state index in [2.05, 4.69) is 26.1 Å². The number of nitrogens with zero attached hydrogens (tertiary/aromatic N) is 2. The van der Waals surface area contributed by atoms with Gasteiger partial charge in [0.05, 0.1) is 0 Å². The minimum Gasteiger partial charge on any atom is -0.347 e. The number of likely N-dealkylation sites (N-methyl/N-ethyl adjacent to an activating group) is 1. The molecule has 0 aromatic rings. The van der Waals surface area contributed by atoms with Gasteiger partial charge in [0.2, 0.25) is 5.91 Å². The van der Waals surface area contributed by atoms with Crippen LogP contribution in [0.5, 0.6) is 0 Å². The third-order valence-electron chi connectivity index (χ3n) is 4.39. The van der Waals surface area contributed by atoms with E-state index >= 15 is 0 Å². The first-order valence-corrected chi connectivity index (χ1v) is 7.89. The normalized spacial score (nSPS) is 21.4. The van der Waals surface area contributed by atoms with Crippen LogP contribution in [0.3, 0.4) is 0 Å². The molecule has 2 atom stereocenters. The molecule has 1 fully saturated rings. The van der Waals surface area contributed by atoms with E-state index in [4.69, 9.17) is 0 Å². The highest BCUT2D eigenvalue weighted by atomic mass is 16.2. The molecule has 0 unspecified atom stereocenters. The molecule has 0 spiro atoms. The van der Waals surface area contributed by atoms with Crippen LogP contribution < -0.4 is 5.32 Å². The van der Waals surface area contributed by atoms with Gasteiger partial charge in [0.15, 0.2) is 0 Å². The summed E-state index contributed by atoms with van der Waals surface area (Å²) in [5.74, 6) is 0.571. The second-order valence-electron chi connectivity index (χ2n) is 7.38. The van der Waals surface area contributed by atoms with E-state index in [0.717, 1.165) is 25.9 Å². The maximum atomic E-state index is 12.3. The van der Waals surface area contributed by atoms with Gasteiger partial charge < -0.3 is 15.1 Å². The summed E-state index contributed by atoms with van der Waals surface area (Å²) in [5, 5.41) is 2.81. The van der Waals surface area contributed by atoms with Gasteiger partial charge in [0.1, 0.15) is 6.04 Å². The van der Waals surface area contributed by atoms with Crippen LogP contribution in [0.15, 0.2) is 0 Å². The minimum atomic E-state index is -0.478. The summed E-state index contributed by atoms with van der Waals surface area (Å²) in [6.07, 6.45) is 3.23. The van der Waals surface area contributed by atoms with Crippen LogP contribution >= 0.6 is 0 Å². The van der Waals surface area contributed by atoms with Gasteiger partial charge in [0.25, 0.3) is 0 Å².